The Morgan fingerprint density at radius 2 is 1.79 bits per heavy atom. The van der Waals surface area contributed by atoms with E-state index in [1.807, 2.05) is 47.4 Å². The molecular weight excluding hydrogens is 430 g/mol. The Balaban J connectivity index is 1.48. The Morgan fingerprint density at radius 3 is 2.50 bits per heavy atom. The molecule has 1 N–H and O–H groups in total. The van der Waals surface area contributed by atoms with Crippen molar-refractivity contribution in [2.45, 2.75) is 26.7 Å². The molecule has 0 atom stereocenters. The zero-order chi connectivity index (χ0) is 24.3. The van der Waals surface area contributed by atoms with Crippen LogP contribution in [-0.4, -0.2) is 68.1 Å². The second kappa shape index (κ2) is 12.8. The minimum absolute atomic E-state index is 0.0270. The largest absolute Gasteiger partial charge is 0.493 e. The highest BCUT2D eigenvalue weighted by Crippen LogP contribution is 2.28. The van der Waals surface area contributed by atoms with Gasteiger partial charge in [0.1, 0.15) is 0 Å². The van der Waals surface area contributed by atoms with Crippen molar-refractivity contribution in [1.29, 1.82) is 0 Å². The van der Waals surface area contributed by atoms with Crippen molar-refractivity contribution < 1.29 is 19.1 Å². The van der Waals surface area contributed by atoms with Crippen LogP contribution in [0, 0.1) is 0 Å². The fourth-order valence-corrected chi connectivity index (χ4v) is 3.86. The molecular formula is C27H35N3O4. The number of anilines is 1. The van der Waals surface area contributed by atoms with Gasteiger partial charge >= 0.3 is 0 Å². The smallest absolute Gasteiger partial charge is 0.246 e. The van der Waals surface area contributed by atoms with Crippen LogP contribution in [-0.2, 0) is 16.0 Å². The van der Waals surface area contributed by atoms with Gasteiger partial charge in [-0.25, -0.2) is 0 Å². The molecule has 34 heavy (non-hydrogen) atoms. The lowest BCUT2D eigenvalue weighted by Gasteiger charge is -2.33. The van der Waals surface area contributed by atoms with Crippen LogP contribution >= 0.6 is 0 Å². The van der Waals surface area contributed by atoms with Gasteiger partial charge in [-0.05, 0) is 48.2 Å². The number of methoxy groups -OCH3 is 1. The summed E-state index contributed by atoms with van der Waals surface area (Å²) in [6, 6.07) is 13.5. The number of hydrogen-bond acceptors (Lipinski definition) is 5. The summed E-state index contributed by atoms with van der Waals surface area (Å²) in [5.41, 5.74) is 2.87. The highest BCUT2D eigenvalue weighted by Gasteiger charge is 2.21. The number of nitrogens with zero attached hydrogens (tertiary/aromatic N) is 2. The van der Waals surface area contributed by atoms with E-state index >= 15 is 0 Å². The van der Waals surface area contributed by atoms with Crippen molar-refractivity contribution in [2.75, 3.05) is 51.8 Å². The first-order valence-electron chi connectivity index (χ1n) is 11.9. The van der Waals surface area contributed by atoms with Gasteiger partial charge in [-0.15, -0.1) is 0 Å². The summed E-state index contributed by atoms with van der Waals surface area (Å²) in [6.07, 6.45) is 5.17. The maximum absolute atomic E-state index is 12.7. The van der Waals surface area contributed by atoms with Gasteiger partial charge < -0.3 is 19.7 Å². The average molecular weight is 466 g/mol. The Kier molecular flexibility index (Phi) is 9.52. The first-order chi connectivity index (χ1) is 16.5. The van der Waals surface area contributed by atoms with Gasteiger partial charge in [0.25, 0.3) is 0 Å². The molecule has 0 bridgehead atoms. The van der Waals surface area contributed by atoms with E-state index in [0.717, 1.165) is 29.7 Å². The van der Waals surface area contributed by atoms with Gasteiger partial charge in [0.2, 0.25) is 11.8 Å². The number of nitrogens with one attached hydrogen (secondary N) is 1. The molecule has 2 aromatic rings. The number of carbonyl (C=O) groups is 2. The third-order valence-corrected chi connectivity index (χ3v) is 5.79. The second-order valence-corrected chi connectivity index (χ2v) is 8.25. The highest BCUT2D eigenvalue weighted by molar-refractivity contribution is 5.93. The normalized spacial score (nSPS) is 14.3. The standard InChI is InChI=1S/C27H35N3O4/c1-4-18-34-24-12-10-21(19-25(24)33-3)11-13-27(32)30-16-14-29(15-17-30)20-26(31)28-23-9-7-6-8-22(23)5-2/h6-13,19H,4-5,14-18,20H2,1-3H3,(H,28,31)/b13-11+. The van der Waals surface area contributed by atoms with Crippen LogP contribution < -0.4 is 14.8 Å². The third-order valence-electron chi connectivity index (χ3n) is 5.79. The van der Waals surface area contributed by atoms with Crippen molar-refractivity contribution in [2.24, 2.45) is 0 Å². The van der Waals surface area contributed by atoms with Gasteiger partial charge in [0.15, 0.2) is 11.5 Å². The topological polar surface area (TPSA) is 71.1 Å². The van der Waals surface area contributed by atoms with Gasteiger partial charge in [-0.2, -0.15) is 0 Å². The minimum Gasteiger partial charge on any atom is -0.493 e. The maximum atomic E-state index is 12.7. The Bertz CT molecular complexity index is 997. The van der Waals surface area contributed by atoms with Crippen molar-refractivity contribution >= 4 is 23.6 Å². The Labute approximate surface area is 202 Å². The van der Waals surface area contributed by atoms with E-state index in [-0.39, 0.29) is 11.8 Å². The molecule has 1 fully saturated rings. The number of rotatable bonds is 10. The summed E-state index contributed by atoms with van der Waals surface area (Å²) in [7, 11) is 1.61. The van der Waals surface area contributed by atoms with E-state index in [1.165, 1.54) is 0 Å². The molecule has 1 aliphatic heterocycles. The number of aryl methyl sites for hydroxylation is 1. The molecule has 7 nitrogen and oxygen atoms in total. The number of ether oxygens (including phenoxy) is 2. The van der Waals surface area contributed by atoms with E-state index in [2.05, 4.69) is 24.1 Å². The number of benzene rings is 2. The quantitative estimate of drug-likeness (QED) is 0.540. The molecule has 2 aromatic carbocycles. The third kappa shape index (κ3) is 7.09. The average Bonchev–Trinajstić information content (AvgIpc) is 2.86. The molecule has 0 unspecified atom stereocenters. The molecule has 7 heteroatoms. The van der Waals surface area contributed by atoms with Gasteiger partial charge in [0, 0.05) is 37.9 Å². The summed E-state index contributed by atoms with van der Waals surface area (Å²) in [4.78, 5) is 29.0. The van der Waals surface area contributed by atoms with Crippen molar-refractivity contribution in [3.8, 4) is 11.5 Å². The molecule has 1 saturated heterocycles. The van der Waals surface area contributed by atoms with Crippen LogP contribution in [0.1, 0.15) is 31.4 Å². The van der Waals surface area contributed by atoms with Gasteiger partial charge in [0.05, 0.1) is 20.3 Å². The number of hydrogen-bond donors (Lipinski definition) is 1. The van der Waals surface area contributed by atoms with Crippen LogP contribution in [0.2, 0.25) is 0 Å². The first-order valence-corrected chi connectivity index (χ1v) is 11.9. The molecule has 0 saturated carbocycles. The molecule has 0 radical (unpaired) electrons. The van der Waals surface area contributed by atoms with E-state index in [4.69, 9.17) is 9.47 Å². The summed E-state index contributed by atoms with van der Waals surface area (Å²) >= 11 is 0. The SMILES string of the molecule is CCCOc1ccc(/C=C/C(=O)N2CCN(CC(=O)Nc3ccccc3CC)CC2)cc1OC. The lowest BCUT2D eigenvalue weighted by Crippen LogP contribution is -2.50. The summed E-state index contributed by atoms with van der Waals surface area (Å²) in [6.45, 7) is 7.59. The van der Waals surface area contributed by atoms with Crippen molar-refractivity contribution in [1.82, 2.24) is 9.80 Å². The van der Waals surface area contributed by atoms with Crippen molar-refractivity contribution in [3.63, 3.8) is 0 Å². The Morgan fingerprint density at radius 1 is 1.03 bits per heavy atom. The van der Waals surface area contributed by atoms with Crippen LogP contribution in [0.25, 0.3) is 6.08 Å². The minimum atomic E-state index is -0.0359. The van der Waals surface area contributed by atoms with Crippen LogP contribution in [0.15, 0.2) is 48.5 Å². The van der Waals surface area contributed by atoms with Crippen molar-refractivity contribution in [3.05, 3.63) is 59.7 Å². The van der Waals surface area contributed by atoms with E-state index < -0.39 is 0 Å². The fraction of sp³-hybridized carbons (Fsp3) is 0.407. The molecule has 3 rings (SSSR count). The summed E-state index contributed by atoms with van der Waals surface area (Å²) in [5, 5.41) is 3.01. The monoisotopic (exact) mass is 465 g/mol. The fourth-order valence-electron chi connectivity index (χ4n) is 3.86. The van der Waals surface area contributed by atoms with Crippen LogP contribution in [0.3, 0.4) is 0 Å². The van der Waals surface area contributed by atoms with Crippen LogP contribution in [0.4, 0.5) is 5.69 Å². The zero-order valence-corrected chi connectivity index (χ0v) is 20.4. The number of piperazine rings is 1. The molecule has 0 aliphatic carbocycles. The first kappa shape index (κ1) is 25.3. The van der Waals surface area contributed by atoms with E-state index in [9.17, 15) is 9.59 Å². The van der Waals surface area contributed by atoms with Gasteiger partial charge in [-0.1, -0.05) is 38.1 Å². The molecule has 1 aliphatic rings. The molecule has 0 spiro atoms. The summed E-state index contributed by atoms with van der Waals surface area (Å²) in [5.74, 6) is 1.29. The number of carbonyl (C=O) groups excluding carboxylic acids is 2. The maximum Gasteiger partial charge on any atom is 0.246 e. The zero-order valence-electron chi connectivity index (χ0n) is 20.4. The van der Waals surface area contributed by atoms with E-state index in [0.29, 0.717) is 50.8 Å². The number of amides is 2. The number of para-hydroxylation sites is 1. The molecule has 182 valence electrons. The van der Waals surface area contributed by atoms with E-state index in [1.54, 1.807) is 19.3 Å². The molecule has 2 amide bonds. The van der Waals surface area contributed by atoms with Gasteiger partial charge in [-0.3, -0.25) is 14.5 Å². The predicted octanol–water partition coefficient (Wildman–Crippen LogP) is 3.84. The van der Waals surface area contributed by atoms with Crippen LogP contribution in [0.5, 0.6) is 11.5 Å². The second-order valence-electron chi connectivity index (χ2n) is 8.25. The highest BCUT2D eigenvalue weighted by atomic mass is 16.5. The summed E-state index contributed by atoms with van der Waals surface area (Å²) < 4.78 is 11.1. The Hall–Kier alpha value is -3.32. The molecule has 0 aromatic heterocycles. The molecule has 1 heterocycles. The lowest BCUT2D eigenvalue weighted by atomic mass is 10.1. The predicted molar refractivity (Wildman–Crippen MR) is 135 cm³/mol. The lowest BCUT2D eigenvalue weighted by molar-refractivity contribution is -0.127.